The summed E-state index contributed by atoms with van der Waals surface area (Å²) in [6.45, 7) is 2.07. The van der Waals surface area contributed by atoms with E-state index in [1.165, 1.54) is 10.9 Å². The highest BCUT2D eigenvalue weighted by Crippen LogP contribution is 2.44. The van der Waals surface area contributed by atoms with Crippen molar-refractivity contribution in [1.82, 2.24) is 14.8 Å². The maximum atomic E-state index is 13.1. The Labute approximate surface area is 146 Å². The average Bonchev–Trinajstić information content (AvgIpc) is 3.07. The van der Waals surface area contributed by atoms with E-state index in [0.29, 0.717) is 12.2 Å². The number of rotatable bonds is 5. The lowest BCUT2D eigenvalue weighted by Crippen LogP contribution is -2.54. The number of methoxy groups -OCH3 is 1. The quantitative estimate of drug-likeness (QED) is 0.902. The van der Waals surface area contributed by atoms with E-state index in [4.69, 9.17) is 10.5 Å². The van der Waals surface area contributed by atoms with Crippen molar-refractivity contribution in [3.05, 3.63) is 42.1 Å². The van der Waals surface area contributed by atoms with Crippen LogP contribution >= 0.6 is 0 Å². The Morgan fingerprint density at radius 2 is 2.24 bits per heavy atom. The lowest BCUT2D eigenvalue weighted by atomic mass is 9.67. The van der Waals surface area contributed by atoms with Crippen LogP contribution in [0.4, 0.5) is 4.39 Å². The van der Waals surface area contributed by atoms with Gasteiger partial charge >= 0.3 is 0 Å². The predicted molar refractivity (Wildman–Crippen MR) is 90.6 cm³/mol. The van der Waals surface area contributed by atoms with Crippen LogP contribution in [0.1, 0.15) is 44.1 Å². The predicted octanol–water partition coefficient (Wildman–Crippen LogP) is 2.57. The van der Waals surface area contributed by atoms with Gasteiger partial charge in [-0.15, -0.1) is 0 Å². The number of halogens is 1. The topological polar surface area (TPSA) is 83.0 Å². The SMILES string of the molecule is COC1(C(N)=O)CCCCC1[C@H](C)c1ccc(-n2cc(F)cn2)nc1. The van der Waals surface area contributed by atoms with E-state index in [9.17, 15) is 9.18 Å². The third kappa shape index (κ3) is 3.16. The van der Waals surface area contributed by atoms with Crippen LogP contribution in [0.3, 0.4) is 0 Å². The normalized spacial score (nSPS) is 24.8. The smallest absolute Gasteiger partial charge is 0.249 e. The van der Waals surface area contributed by atoms with Crippen molar-refractivity contribution in [3.63, 3.8) is 0 Å². The zero-order valence-corrected chi connectivity index (χ0v) is 14.5. The molecule has 2 aromatic rings. The van der Waals surface area contributed by atoms with Crippen molar-refractivity contribution < 1.29 is 13.9 Å². The Kier molecular flexibility index (Phi) is 4.85. The number of carbonyl (C=O) groups is 1. The first-order valence-electron chi connectivity index (χ1n) is 8.49. The van der Waals surface area contributed by atoms with Gasteiger partial charge in [0.1, 0.15) is 5.60 Å². The molecule has 1 fully saturated rings. The molecule has 1 saturated carbocycles. The molecule has 2 heterocycles. The zero-order valence-electron chi connectivity index (χ0n) is 14.5. The van der Waals surface area contributed by atoms with E-state index in [0.717, 1.165) is 31.0 Å². The van der Waals surface area contributed by atoms with Crippen molar-refractivity contribution >= 4 is 5.91 Å². The lowest BCUT2D eigenvalue weighted by molar-refractivity contribution is -0.154. The molecule has 2 unspecified atom stereocenters. The summed E-state index contributed by atoms with van der Waals surface area (Å²) in [6, 6.07) is 3.72. The molecule has 0 saturated heterocycles. The van der Waals surface area contributed by atoms with Gasteiger partial charge in [-0.1, -0.05) is 25.8 Å². The van der Waals surface area contributed by atoms with Gasteiger partial charge in [0.05, 0.1) is 12.4 Å². The van der Waals surface area contributed by atoms with Gasteiger partial charge in [0.2, 0.25) is 5.91 Å². The fourth-order valence-electron chi connectivity index (χ4n) is 3.95. The molecule has 134 valence electrons. The van der Waals surface area contributed by atoms with E-state index >= 15 is 0 Å². The molecule has 2 N–H and O–H groups in total. The van der Waals surface area contributed by atoms with Gasteiger partial charge in [0.15, 0.2) is 11.6 Å². The summed E-state index contributed by atoms with van der Waals surface area (Å²) < 4.78 is 20.1. The molecule has 3 atom stereocenters. The van der Waals surface area contributed by atoms with E-state index in [2.05, 4.69) is 17.0 Å². The van der Waals surface area contributed by atoms with Crippen LogP contribution in [-0.4, -0.2) is 33.4 Å². The number of hydrogen-bond donors (Lipinski definition) is 1. The van der Waals surface area contributed by atoms with Crippen LogP contribution in [0.5, 0.6) is 0 Å². The summed E-state index contributed by atoms with van der Waals surface area (Å²) in [5.74, 6) is -0.213. The number of aromatic nitrogens is 3. The number of ether oxygens (including phenoxy) is 1. The highest BCUT2D eigenvalue weighted by Gasteiger charge is 2.48. The Bertz CT molecular complexity index is 746. The molecule has 3 rings (SSSR count). The fraction of sp³-hybridized carbons (Fsp3) is 0.500. The summed E-state index contributed by atoms with van der Waals surface area (Å²) in [5.41, 5.74) is 5.76. The molecular weight excluding hydrogens is 323 g/mol. The number of primary amides is 1. The molecule has 0 spiro atoms. The molecule has 6 nitrogen and oxygen atoms in total. The highest BCUT2D eigenvalue weighted by molar-refractivity contribution is 5.84. The molecule has 0 aliphatic heterocycles. The van der Waals surface area contributed by atoms with Gasteiger partial charge < -0.3 is 10.5 Å². The van der Waals surface area contributed by atoms with Crippen molar-refractivity contribution in [2.75, 3.05) is 7.11 Å². The van der Waals surface area contributed by atoms with Crippen LogP contribution in [0.15, 0.2) is 30.7 Å². The van der Waals surface area contributed by atoms with Crippen LogP contribution in [0.2, 0.25) is 0 Å². The van der Waals surface area contributed by atoms with Crippen LogP contribution in [0, 0.1) is 11.7 Å². The van der Waals surface area contributed by atoms with E-state index < -0.39 is 17.3 Å². The van der Waals surface area contributed by atoms with Gasteiger partial charge in [-0.25, -0.2) is 14.1 Å². The Hall–Kier alpha value is -2.28. The minimum atomic E-state index is -0.929. The molecular formula is C18H23FN4O2. The molecule has 1 amide bonds. The van der Waals surface area contributed by atoms with Crippen molar-refractivity contribution in [2.24, 2.45) is 11.7 Å². The molecule has 0 bridgehead atoms. The first-order chi connectivity index (χ1) is 12.0. The largest absolute Gasteiger partial charge is 0.368 e. The molecule has 25 heavy (non-hydrogen) atoms. The second kappa shape index (κ2) is 6.92. The summed E-state index contributed by atoms with van der Waals surface area (Å²) in [6.07, 6.45) is 7.66. The van der Waals surface area contributed by atoms with Crippen molar-refractivity contribution in [3.8, 4) is 5.82 Å². The second-order valence-corrected chi connectivity index (χ2v) is 6.65. The number of nitrogens with zero attached hydrogens (tertiary/aromatic N) is 3. The molecule has 0 radical (unpaired) electrons. The number of pyridine rings is 1. The first-order valence-corrected chi connectivity index (χ1v) is 8.49. The van der Waals surface area contributed by atoms with Gasteiger partial charge in [0.25, 0.3) is 0 Å². The lowest BCUT2D eigenvalue weighted by Gasteiger charge is -2.43. The van der Waals surface area contributed by atoms with Gasteiger partial charge in [-0.2, -0.15) is 5.10 Å². The fourth-order valence-corrected chi connectivity index (χ4v) is 3.95. The summed E-state index contributed by atoms with van der Waals surface area (Å²) >= 11 is 0. The standard InChI is InChI=1S/C18H23FN4O2/c1-12(15-5-3-4-8-18(15,25-2)17(20)24)13-6-7-16(21-9-13)23-11-14(19)10-22-23/h6-7,9-12,15H,3-5,8H2,1-2H3,(H2,20,24)/t12-,15?,18?/m1/s1. The highest BCUT2D eigenvalue weighted by atomic mass is 19.1. The van der Waals surface area contributed by atoms with Gasteiger partial charge in [-0.3, -0.25) is 4.79 Å². The number of nitrogens with two attached hydrogens (primary N) is 1. The molecule has 7 heteroatoms. The van der Waals surface area contributed by atoms with Gasteiger partial charge in [0, 0.05) is 19.2 Å². The maximum absolute atomic E-state index is 13.1. The Morgan fingerprint density at radius 3 is 2.80 bits per heavy atom. The third-order valence-electron chi connectivity index (χ3n) is 5.38. The average molecular weight is 346 g/mol. The minimum absolute atomic E-state index is 0.00134. The first kappa shape index (κ1) is 17.5. The van der Waals surface area contributed by atoms with E-state index in [1.807, 2.05) is 6.07 Å². The molecule has 2 aromatic heterocycles. The van der Waals surface area contributed by atoms with Gasteiger partial charge in [-0.05, 0) is 30.4 Å². The van der Waals surface area contributed by atoms with Crippen molar-refractivity contribution in [1.29, 1.82) is 0 Å². The number of amides is 1. The summed E-state index contributed by atoms with van der Waals surface area (Å²) in [7, 11) is 1.56. The molecule has 0 aromatic carbocycles. The van der Waals surface area contributed by atoms with Crippen LogP contribution < -0.4 is 5.73 Å². The van der Waals surface area contributed by atoms with Crippen LogP contribution in [0.25, 0.3) is 5.82 Å². The minimum Gasteiger partial charge on any atom is -0.368 e. The van der Waals surface area contributed by atoms with Crippen LogP contribution in [-0.2, 0) is 9.53 Å². The third-order valence-corrected chi connectivity index (χ3v) is 5.38. The Balaban J connectivity index is 1.86. The molecule has 1 aliphatic carbocycles. The number of carbonyl (C=O) groups excluding carboxylic acids is 1. The number of hydrogen-bond acceptors (Lipinski definition) is 4. The van der Waals surface area contributed by atoms with E-state index in [-0.39, 0.29) is 11.8 Å². The monoisotopic (exact) mass is 346 g/mol. The summed E-state index contributed by atoms with van der Waals surface area (Å²) in [4.78, 5) is 16.5. The Morgan fingerprint density at radius 1 is 1.44 bits per heavy atom. The van der Waals surface area contributed by atoms with E-state index in [1.54, 1.807) is 19.4 Å². The second-order valence-electron chi connectivity index (χ2n) is 6.65. The van der Waals surface area contributed by atoms with Crippen molar-refractivity contribution in [2.45, 2.75) is 44.1 Å². The maximum Gasteiger partial charge on any atom is 0.249 e. The summed E-state index contributed by atoms with van der Waals surface area (Å²) in [5, 5.41) is 3.91. The molecule has 1 aliphatic rings. The zero-order chi connectivity index (χ0) is 18.0.